The number of benzene rings is 1. The summed E-state index contributed by atoms with van der Waals surface area (Å²) in [7, 11) is 3.01. The Labute approximate surface area is 188 Å². The number of hydrogen-bond donors (Lipinski definition) is 1. The van der Waals surface area contributed by atoms with Crippen molar-refractivity contribution in [2.75, 3.05) is 56.9 Å². The summed E-state index contributed by atoms with van der Waals surface area (Å²) in [5.41, 5.74) is 1.44. The minimum absolute atomic E-state index is 0.00235. The molecule has 2 heterocycles. The average Bonchev–Trinajstić information content (AvgIpc) is 3.65. The van der Waals surface area contributed by atoms with Crippen LogP contribution in [0.4, 0.5) is 11.4 Å². The number of amides is 2. The molecule has 1 aromatic carbocycles. The van der Waals surface area contributed by atoms with Gasteiger partial charge in [0.25, 0.3) is 5.91 Å². The lowest BCUT2D eigenvalue weighted by molar-refractivity contribution is -0.146. The predicted octanol–water partition coefficient (Wildman–Crippen LogP) is 1.34. The van der Waals surface area contributed by atoms with Gasteiger partial charge in [-0.2, -0.15) is 0 Å². The third-order valence-corrected chi connectivity index (χ3v) is 6.28. The van der Waals surface area contributed by atoms with Crippen LogP contribution < -0.4 is 19.9 Å². The van der Waals surface area contributed by atoms with Crippen LogP contribution in [0.5, 0.6) is 5.75 Å². The lowest BCUT2D eigenvalue weighted by atomic mass is 9.89. The van der Waals surface area contributed by atoms with Gasteiger partial charge < -0.3 is 29.3 Å². The van der Waals surface area contributed by atoms with Gasteiger partial charge >= 0.3 is 5.97 Å². The van der Waals surface area contributed by atoms with Crippen LogP contribution in [0.3, 0.4) is 0 Å². The summed E-state index contributed by atoms with van der Waals surface area (Å²) in [6.45, 7) is 2.15. The summed E-state index contributed by atoms with van der Waals surface area (Å²) in [5.74, 6) is -0.382. The number of nitrogens with zero attached hydrogens (tertiary/aromatic N) is 2. The zero-order valence-corrected chi connectivity index (χ0v) is 18.7. The van der Waals surface area contributed by atoms with E-state index in [0.29, 0.717) is 50.5 Å². The molecule has 32 heavy (non-hydrogen) atoms. The third kappa shape index (κ3) is 4.73. The standard InChI is InChI=1S/C23H31N3O6/c1-30-9-3-8-25-19-11-18(6-7-20(19)32-14-21(25)27)26(17-4-5-17)22(28)15-10-16(13-24-12-15)23(29)31-2/h6-7,11,15-17,24H,3-5,8-10,12-14H2,1-2H3/t15-,16+/m1/s1. The molecule has 174 valence electrons. The molecule has 1 N–H and O–H groups in total. The Morgan fingerprint density at radius 1 is 1.22 bits per heavy atom. The lowest BCUT2D eigenvalue weighted by Crippen LogP contribution is -2.48. The first kappa shape index (κ1) is 22.5. The molecule has 9 nitrogen and oxygen atoms in total. The van der Waals surface area contributed by atoms with Gasteiger partial charge in [-0.25, -0.2) is 0 Å². The number of hydrogen-bond acceptors (Lipinski definition) is 7. The number of carbonyl (C=O) groups is 3. The molecule has 0 radical (unpaired) electrons. The van der Waals surface area contributed by atoms with Gasteiger partial charge in [0, 0.05) is 45.1 Å². The summed E-state index contributed by atoms with van der Waals surface area (Å²) >= 11 is 0. The van der Waals surface area contributed by atoms with Crippen LogP contribution >= 0.6 is 0 Å². The second kappa shape index (κ2) is 9.87. The first-order valence-corrected chi connectivity index (χ1v) is 11.2. The maximum absolute atomic E-state index is 13.6. The minimum Gasteiger partial charge on any atom is -0.482 e. The van der Waals surface area contributed by atoms with Crippen LogP contribution in [0.1, 0.15) is 25.7 Å². The van der Waals surface area contributed by atoms with Crippen molar-refractivity contribution in [1.82, 2.24) is 5.32 Å². The SMILES string of the molecule is COCCCN1C(=O)COc2ccc(N(C(=O)[C@H]3CNC[C@@H](C(=O)OC)C3)C3CC3)cc21. The van der Waals surface area contributed by atoms with E-state index in [2.05, 4.69) is 5.32 Å². The molecule has 3 aliphatic rings. The van der Waals surface area contributed by atoms with Crippen LogP contribution in [0.15, 0.2) is 18.2 Å². The van der Waals surface area contributed by atoms with Gasteiger partial charge in [0.2, 0.25) is 5.91 Å². The highest BCUT2D eigenvalue weighted by Gasteiger charge is 2.40. The Morgan fingerprint density at radius 2 is 2.00 bits per heavy atom. The normalized spacial score (nSPS) is 22.7. The van der Waals surface area contributed by atoms with E-state index in [9.17, 15) is 14.4 Å². The molecule has 1 saturated carbocycles. The third-order valence-electron chi connectivity index (χ3n) is 6.28. The number of ether oxygens (including phenoxy) is 3. The Kier molecular flexibility index (Phi) is 6.95. The van der Waals surface area contributed by atoms with Gasteiger partial charge in [0.15, 0.2) is 6.61 Å². The molecule has 1 saturated heterocycles. The van der Waals surface area contributed by atoms with E-state index in [1.54, 1.807) is 12.0 Å². The van der Waals surface area contributed by atoms with Gasteiger partial charge in [0.1, 0.15) is 5.75 Å². The second-order valence-corrected chi connectivity index (χ2v) is 8.58. The van der Waals surface area contributed by atoms with E-state index in [0.717, 1.165) is 18.5 Å². The fourth-order valence-corrected chi connectivity index (χ4v) is 4.48. The van der Waals surface area contributed by atoms with Crippen molar-refractivity contribution in [2.45, 2.75) is 31.7 Å². The van der Waals surface area contributed by atoms with Crippen molar-refractivity contribution in [1.29, 1.82) is 0 Å². The number of anilines is 2. The number of fused-ring (bicyclic) bond motifs is 1. The predicted molar refractivity (Wildman–Crippen MR) is 118 cm³/mol. The maximum atomic E-state index is 13.6. The number of esters is 1. The van der Waals surface area contributed by atoms with Crippen LogP contribution in [0.25, 0.3) is 0 Å². The van der Waals surface area contributed by atoms with E-state index in [4.69, 9.17) is 14.2 Å². The van der Waals surface area contributed by atoms with Crippen molar-refractivity contribution in [3.05, 3.63) is 18.2 Å². The molecule has 1 aromatic rings. The molecule has 4 rings (SSSR count). The maximum Gasteiger partial charge on any atom is 0.309 e. The molecule has 2 atom stereocenters. The zero-order chi connectivity index (χ0) is 22.7. The van der Waals surface area contributed by atoms with E-state index >= 15 is 0 Å². The van der Waals surface area contributed by atoms with Crippen molar-refractivity contribution in [3.63, 3.8) is 0 Å². The summed E-state index contributed by atoms with van der Waals surface area (Å²) in [6.07, 6.45) is 3.06. The van der Waals surface area contributed by atoms with E-state index in [1.165, 1.54) is 7.11 Å². The monoisotopic (exact) mass is 445 g/mol. The van der Waals surface area contributed by atoms with Crippen molar-refractivity contribution in [2.24, 2.45) is 11.8 Å². The zero-order valence-electron chi connectivity index (χ0n) is 18.7. The van der Waals surface area contributed by atoms with Crippen molar-refractivity contribution >= 4 is 29.2 Å². The second-order valence-electron chi connectivity index (χ2n) is 8.58. The first-order chi connectivity index (χ1) is 15.5. The fraction of sp³-hybridized carbons (Fsp3) is 0.609. The molecular formula is C23H31N3O6. The average molecular weight is 446 g/mol. The molecule has 2 aliphatic heterocycles. The van der Waals surface area contributed by atoms with Gasteiger partial charge in [0.05, 0.1) is 24.6 Å². The number of carbonyl (C=O) groups excluding carboxylic acids is 3. The fourth-order valence-electron chi connectivity index (χ4n) is 4.48. The van der Waals surface area contributed by atoms with E-state index < -0.39 is 0 Å². The highest BCUT2D eigenvalue weighted by atomic mass is 16.5. The highest BCUT2D eigenvalue weighted by Crippen LogP contribution is 2.40. The summed E-state index contributed by atoms with van der Waals surface area (Å²) in [4.78, 5) is 41.7. The van der Waals surface area contributed by atoms with Crippen LogP contribution in [0, 0.1) is 11.8 Å². The Hall–Kier alpha value is -2.65. The van der Waals surface area contributed by atoms with Crippen molar-refractivity contribution in [3.8, 4) is 5.75 Å². The molecular weight excluding hydrogens is 414 g/mol. The molecule has 0 bridgehead atoms. The molecule has 1 aliphatic carbocycles. The van der Waals surface area contributed by atoms with Crippen LogP contribution in [-0.4, -0.2) is 70.9 Å². The Balaban J connectivity index is 1.57. The Bertz CT molecular complexity index is 871. The molecule has 9 heteroatoms. The largest absolute Gasteiger partial charge is 0.482 e. The van der Waals surface area contributed by atoms with Crippen LogP contribution in [-0.2, 0) is 23.9 Å². The van der Waals surface area contributed by atoms with E-state index in [-0.39, 0.29) is 42.3 Å². The smallest absolute Gasteiger partial charge is 0.309 e. The quantitative estimate of drug-likeness (QED) is 0.476. The topological polar surface area (TPSA) is 97.4 Å². The Morgan fingerprint density at radius 3 is 2.72 bits per heavy atom. The van der Waals surface area contributed by atoms with Gasteiger partial charge in [-0.15, -0.1) is 0 Å². The van der Waals surface area contributed by atoms with E-state index in [1.807, 2.05) is 23.1 Å². The van der Waals surface area contributed by atoms with Crippen molar-refractivity contribution < 1.29 is 28.6 Å². The van der Waals surface area contributed by atoms with Crippen LogP contribution in [0.2, 0.25) is 0 Å². The summed E-state index contributed by atoms with van der Waals surface area (Å²) in [5, 5.41) is 3.21. The summed E-state index contributed by atoms with van der Waals surface area (Å²) in [6, 6.07) is 5.73. The molecule has 2 amide bonds. The number of methoxy groups -OCH3 is 2. The number of piperidine rings is 1. The minimum atomic E-state index is -0.324. The van der Waals surface area contributed by atoms with Gasteiger partial charge in [-0.05, 0) is 43.9 Å². The number of nitrogens with one attached hydrogen (secondary N) is 1. The van der Waals surface area contributed by atoms with Gasteiger partial charge in [-0.1, -0.05) is 0 Å². The molecule has 0 aromatic heterocycles. The molecule has 2 fully saturated rings. The number of rotatable bonds is 8. The first-order valence-electron chi connectivity index (χ1n) is 11.2. The lowest BCUT2D eigenvalue weighted by Gasteiger charge is -2.34. The molecule has 0 unspecified atom stereocenters. The summed E-state index contributed by atoms with van der Waals surface area (Å²) < 4.78 is 15.6. The molecule has 0 spiro atoms. The van der Waals surface area contributed by atoms with Gasteiger partial charge in [-0.3, -0.25) is 14.4 Å². The highest BCUT2D eigenvalue weighted by molar-refractivity contribution is 6.01.